The van der Waals surface area contributed by atoms with E-state index in [1.807, 2.05) is 6.07 Å². The summed E-state index contributed by atoms with van der Waals surface area (Å²) in [6.45, 7) is 1.99. The largest absolute Gasteiger partial charge is 0.493 e. The van der Waals surface area contributed by atoms with Crippen molar-refractivity contribution in [1.29, 1.82) is 0 Å². The summed E-state index contributed by atoms with van der Waals surface area (Å²) in [5.74, 6) is 0.894. The van der Waals surface area contributed by atoms with E-state index in [2.05, 4.69) is 9.97 Å². The van der Waals surface area contributed by atoms with Crippen molar-refractivity contribution in [2.45, 2.75) is 13.5 Å². The highest BCUT2D eigenvalue weighted by Crippen LogP contribution is 2.30. The summed E-state index contributed by atoms with van der Waals surface area (Å²) < 4.78 is 10.6. The van der Waals surface area contributed by atoms with Crippen LogP contribution in [-0.4, -0.2) is 53.3 Å². The molecule has 0 fully saturated rings. The number of carbonyl (C=O) groups is 1. The molecule has 0 unspecified atom stereocenters. The summed E-state index contributed by atoms with van der Waals surface area (Å²) in [6, 6.07) is 5.40. The normalized spacial score (nSPS) is 10.9. The number of nitrogens with zero attached hydrogens (tertiary/aromatic N) is 2. The molecule has 0 atom stereocenters. The minimum absolute atomic E-state index is 0.157. The molecule has 0 bridgehead atoms. The fourth-order valence-corrected chi connectivity index (χ4v) is 4.12. The van der Waals surface area contributed by atoms with E-state index in [4.69, 9.17) is 9.47 Å². The van der Waals surface area contributed by atoms with Crippen LogP contribution in [0.15, 0.2) is 29.3 Å². The molecule has 2 N–H and O–H groups in total. The molecule has 2 aromatic heterocycles. The molecule has 1 amide bonds. The lowest BCUT2D eigenvalue weighted by Crippen LogP contribution is -2.33. The predicted molar refractivity (Wildman–Crippen MR) is 106 cm³/mol. The second kappa shape index (κ2) is 8.41. The second-order valence-electron chi connectivity index (χ2n) is 6.11. The van der Waals surface area contributed by atoms with Gasteiger partial charge in [0.25, 0.3) is 11.5 Å². The number of rotatable bonds is 7. The molecule has 0 aliphatic carbocycles. The third-order valence-corrected chi connectivity index (χ3v) is 5.59. The first-order chi connectivity index (χ1) is 13.5. The first-order valence-corrected chi connectivity index (χ1v) is 9.39. The number of benzene rings is 1. The Balaban J connectivity index is 1.94. The number of aromatic nitrogens is 2. The van der Waals surface area contributed by atoms with Crippen LogP contribution in [0.25, 0.3) is 10.2 Å². The number of amides is 1. The van der Waals surface area contributed by atoms with Gasteiger partial charge in [-0.15, -0.1) is 11.3 Å². The number of aliphatic hydroxyl groups excluding tert-OH is 1. The zero-order valence-corrected chi connectivity index (χ0v) is 16.6. The average Bonchev–Trinajstić information content (AvgIpc) is 3.04. The molecule has 9 heteroatoms. The highest BCUT2D eigenvalue weighted by Gasteiger charge is 2.23. The maximum atomic E-state index is 13.1. The van der Waals surface area contributed by atoms with Crippen LogP contribution in [0.5, 0.6) is 11.5 Å². The predicted octanol–water partition coefficient (Wildman–Crippen LogP) is 1.94. The van der Waals surface area contributed by atoms with Gasteiger partial charge in [-0.1, -0.05) is 6.07 Å². The van der Waals surface area contributed by atoms with Crippen molar-refractivity contribution in [3.63, 3.8) is 0 Å². The number of H-pyrrole nitrogens is 1. The zero-order valence-electron chi connectivity index (χ0n) is 15.8. The lowest BCUT2D eigenvalue weighted by atomic mass is 10.1. The Hall–Kier alpha value is -2.91. The van der Waals surface area contributed by atoms with E-state index in [1.54, 1.807) is 33.3 Å². The summed E-state index contributed by atoms with van der Waals surface area (Å²) in [5, 5.41) is 9.87. The number of hydrogen-bond donors (Lipinski definition) is 2. The van der Waals surface area contributed by atoms with Crippen LogP contribution in [0, 0.1) is 6.92 Å². The van der Waals surface area contributed by atoms with Gasteiger partial charge in [0, 0.05) is 13.1 Å². The maximum Gasteiger partial charge on any atom is 0.264 e. The van der Waals surface area contributed by atoms with Gasteiger partial charge < -0.3 is 24.5 Å². The molecule has 148 valence electrons. The molecule has 1 aromatic carbocycles. The second-order valence-corrected chi connectivity index (χ2v) is 7.11. The molecule has 0 saturated carbocycles. The monoisotopic (exact) mass is 403 g/mol. The summed E-state index contributed by atoms with van der Waals surface area (Å²) in [5.41, 5.74) is 1.15. The third-order valence-electron chi connectivity index (χ3n) is 4.41. The van der Waals surface area contributed by atoms with Crippen molar-refractivity contribution in [2.24, 2.45) is 0 Å². The van der Waals surface area contributed by atoms with Gasteiger partial charge >= 0.3 is 0 Å². The number of methoxy groups -OCH3 is 2. The van der Waals surface area contributed by atoms with E-state index in [1.165, 1.54) is 22.6 Å². The first kappa shape index (κ1) is 19.8. The van der Waals surface area contributed by atoms with Crippen molar-refractivity contribution in [2.75, 3.05) is 27.4 Å². The van der Waals surface area contributed by atoms with Gasteiger partial charge in [0.2, 0.25) is 0 Å². The Kier molecular flexibility index (Phi) is 5.96. The quantitative estimate of drug-likeness (QED) is 0.625. The number of aryl methyl sites for hydroxylation is 1. The molecule has 3 aromatic rings. The lowest BCUT2D eigenvalue weighted by molar-refractivity contribution is 0.0712. The van der Waals surface area contributed by atoms with Crippen molar-refractivity contribution in [1.82, 2.24) is 14.9 Å². The standard InChI is InChI=1S/C19H21N3O5S/c1-11-15-17(24)20-10-21-18(15)28-16(11)19(25)22(6-7-23)9-12-4-5-13(26-2)14(8-12)27-3/h4-5,8,10,23H,6-7,9H2,1-3H3,(H,20,21,24). The Morgan fingerprint density at radius 1 is 1.29 bits per heavy atom. The minimum atomic E-state index is -0.272. The molecule has 28 heavy (non-hydrogen) atoms. The van der Waals surface area contributed by atoms with E-state index in [-0.39, 0.29) is 31.2 Å². The molecule has 0 spiro atoms. The number of nitrogens with one attached hydrogen (secondary N) is 1. The Bertz CT molecular complexity index is 1060. The van der Waals surface area contributed by atoms with Gasteiger partial charge in [-0.3, -0.25) is 9.59 Å². The minimum Gasteiger partial charge on any atom is -0.493 e. The number of ether oxygens (including phenoxy) is 2. The highest BCUT2D eigenvalue weighted by atomic mass is 32.1. The fraction of sp³-hybridized carbons (Fsp3) is 0.316. The third kappa shape index (κ3) is 3.71. The van der Waals surface area contributed by atoms with E-state index in [0.29, 0.717) is 32.2 Å². The van der Waals surface area contributed by atoms with Crippen LogP contribution in [0.4, 0.5) is 0 Å². The number of fused-ring (bicyclic) bond motifs is 1. The smallest absolute Gasteiger partial charge is 0.264 e. The summed E-state index contributed by atoms with van der Waals surface area (Å²) in [4.78, 5) is 34.4. The number of hydrogen-bond acceptors (Lipinski definition) is 7. The van der Waals surface area contributed by atoms with Crippen LogP contribution >= 0.6 is 11.3 Å². The molecule has 2 heterocycles. The van der Waals surface area contributed by atoms with Crippen LogP contribution in [0.3, 0.4) is 0 Å². The van der Waals surface area contributed by atoms with Gasteiger partial charge in [0.05, 0.1) is 37.4 Å². The van der Waals surface area contributed by atoms with Crippen molar-refractivity contribution in [3.8, 4) is 11.5 Å². The van der Waals surface area contributed by atoms with E-state index >= 15 is 0 Å². The molecule has 3 rings (SSSR count). The van der Waals surface area contributed by atoms with E-state index < -0.39 is 0 Å². The number of thiophene rings is 1. The van der Waals surface area contributed by atoms with Crippen LogP contribution in [-0.2, 0) is 6.54 Å². The summed E-state index contributed by atoms with van der Waals surface area (Å²) in [7, 11) is 3.10. The number of aliphatic hydroxyl groups is 1. The first-order valence-electron chi connectivity index (χ1n) is 8.58. The van der Waals surface area contributed by atoms with Crippen molar-refractivity contribution >= 4 is 27.5 Å². The SMILES string of the molecule is COc1ccc(CN(CCO)C(=O)c2sc3nc[nH]c(=O)c3c2C)cc1OC. The van der Waals surface area contributed by atoms with Gasteiger partial charge in [0.15, 0.2) is 11.5 Å². The number of carbonyl (C=O) groups excluding carboxylic acids is 1. The molecule has 0 saturated heterocycles. The molecular formula is C19H21N3O5S. The van der Waals surface area contributed by atoms with Gasteiger partial charge in [0.1, 0.15) is 4.83 Å². The fourth-order valence-electron chi connectivity index (χ4n) is 3.00. The van der Waals surface area contributed by atoms with Crippen molar-refractivity contribution < 1.29 is 19.4 Å². The summed E-state index contributed by atoms with van der Waals surface area (Å²) >= 11 is 1.18. The van der Waals surface area contributed by atoms with Crippen LogP contribution in [0.2, 0.25) is 0 Å². The van der Waals surface area contributed by atoms with Crippen molar-refractivity contribution in [3.05, 3.63) is 50.9 Å². The Morgan fingerprint density at radius 3 is 2.68 bits per heavy atom. The van der Waals surface area contributed by atoms with E-state index in [0.717, 1.165) is 5.56 Å². The number of aromatic amines is 1. The Morgan fingerprint density at radius 2 is 2.04 bits per heavy atom. The van der Waals surface area contributed by atoms with Gasteiger partial charge in [-0.05, 0) is 30.2 Å². The van der Waals surface area contributed by atoms with E-state index in [9.17, 15) is 14.7 Å². The van der Waals surface area contributed by atoms with Crippen LogP contribution in [0.1, 0.15) is 20.8 Å². The molecule has 0 aliphatic heterocycles. The van der Waals surface area contributed by atoms with Gasteiger partial charge in [-0.25, -0.2) is 4.98 Å². The van der Waals surface area contributed by atoms with Crippen LogP contribution < -0.4 is 15.0 Å². The average molecular weight is 403 g/mol. The molecule has 0 radical (unpaired) electrons. The molecular weight excluding hydrogens is 382 g/mol. The molecule has 8 nitrogen and oxygen atoms in total. The topological polar surface area (TPSA) is 105 Å². The lowest BCUT2D eigenvalue weighted by Gasteiger charge is -2.22. The Labute approximate surface area is 165 Å². The molecule has 0 aliphatic rings. The zero-order chi connectivity index (χ0) is 20.3. The summed E-state index contributed by atoms with van der Waals surface area (Å²) in [6.07, 6.45) is 1.32. The highest BCUT2D eigenvalue weighted by molar-refractivity contribution is 7.20. The van der Waals surface area contributed by atoms with Gasteiger partial charge in [-0.2, -0.15) is 0 Å². The maximum absolute atomic E-state index is 13.1.